The zero-order valence-electron chi connectivity index (χ0n) is 12.2. The van der Waals surface area contributed by atoms with Crippen LogP contribution in [0, 0.1) is 11.7 Å². The molecule has 1 aromatic rings. The highest BCUT2D eigenvalue weighted by Crippen LogP contribution is 2.10. The van der Waals surface area contributed by atoms with E-state index >= 15 is 0 Å². The molecule has 21 heavy (non-hydrogen) atoms. The van der Waals surface area contributed by atoms with Crippen LogP contribution in [0.2, 0.25) is 0 Å². The van der Waals surface area contributed by atoms with Crippen molar-refractivity contribution >= 4 is 11.9 Å². The number of carboxylic acids is 1. The number of carboxylic acid groups (broad SMARTS) is 1. The molecule has 1 aromatic carbocycles. The van der Waals surface area contributed by atoms with Gasteiger partial charge in [0.1, 0.15) is 11.9 Å². The molecule has 0 aliphatic heterocycles. The number of amides is 1. The first kappa shape index (κ1) is 17.1. The van der Waals surface area contributed by atoms with Gasteiger partial charge in [-0.1, -0.05) is 38.5 Å². The van der Waals surface area contributed by atoms with E-state index in [0.717, 1.165) is 0 Å². The highest BCUT2D eigenvalue weighted by molar-refractivity contribution is 5.87. The van der Waals surface area contributed by atoms with Crippen molar-refractivity contribution in [2.75, 3.05) is 0 Å². The summed E-state index contributed by atoms with van der Waals surface area (Å²) in [5.41, 5.74) is 6.00. The molecule has 1 unspecified atom stereocenters. The van der Waals surface area contributed by atoms with Crippen LogP contribution in [-0.2, 0) is 16.0 Å². The average molecular weight is 296 g/mol. The van der Waals surface area contributed by atoms with Gasteiger partial charge in [-0.3, -0.25) is 4.79 Å². The Labute approximate surface area is 123 Å². The lowest BCUT2D eigenvalue weighted by molar-refractivity contribution is -0.142. The van der Waals surface area contributed by atoms with Gasteiger partial charge in [-0.15, -0.1) is 0 Å². The first-order valence-corrected chi connectivity index (χ1v) is 6.89. The van der Waals surface area contributed by atoms with Gasteiger partial charge in [-0.05, 0) is 17.5 Å². The van der Waals surface area contributed by atoms with Crippen LogP contribution in [0.5, 0.6) is 0 Å². The van der Waals surface area contributed by atoms with Crippen molar-refractivity contribution in [2.45, 2.75) is 38.8 Å². The third-order valence-electron chi connectivity index (χ3n) is 3.56. The van der Waals surface area contributed by atoms with Crippen molar-refractivity contribution in [3.05, 3.63) is 35.6 Å². The predicted octanol–water partition coefficient (Wildman–Crippen LogP) is 1.31. The Hall–Kier alpha value is -1.95. The van der Waals surface area contributed by atoms with Crippen LogP contribution in [0.15, 0.2) is 24.3 Å². The van der Waals surface area contributed by atoms with Crippen molar-refractivity contribution in [2.24, 2.45) is 11.7 Å². The van der Waals surface area contributed by atoms with Crippen molar-refractivity contribution in [3.63, 3.8) is 0 Å². The fourth-order valence-electron chi connectivity index (χ4n) is 1.86. The van der Waals surface area contributed by atoms with Crippen molar-refractivity contribution < 1.29 is 19.1 Å². The molecule has 0 aromatic heterocycles. The number of rotatable bonds is 7. The van der Waals surface area contributed by atoms with Gasteiger partial charge in [0, 0.05) is 6.42 Å². The van der Waals surface area contributed by atoms with Gasteiger partial charge < -0.3 is 16.2 Å². The van der Waals surface area contributed by atoms with E-state index in [1.807, 2.05) is 13.8 Å². The predicted molar refractivity (Wildman–Crippen MR) is 77.1 cm³/mol. The van der Waals surface area contributed by atoms with Crippen molar-refractivity contribution in [1.29, 1.82) is 0 Å². The smallest absolute Gasteiger partial charge is 0.326 e. The van der Waals surface area contributed by atoms with Crippen LogP contribution in [-0.4, -0.2) is 29.1 Å². The minimum absolute atomic E-state index is 0.0621. The second kappa shape index (κ2) is 7.73. The molecular formula is C15H21FN2O3. The quantitative estimate of drug-likeness (QED) is 0.707. The molecule has 0 radical (unpaired) electrons. The fraction of sp³-hybridized carbons (Fsp3) is 0.467. The molecule has 0 heterocycles. The summed E-state index contributed by atoms with van der Waals surface area (Å²) in [5.74, 6) is -2.31. The second-order valence-electron chi connectivity index (χ2n) is 5.11. The monoisotopic (exact) mass is 296 g/mol. The Balaban J connectivity index is 2.77. The molecule has 1 amide bonds. The Morgan fingerprint density at radius 1 is 1.38 bits per heavy atom. The molecule has 116 valence electrons. The molecular weight excluding hydrogens is 275 g/mol. The van der Waals surface area contributed by atoms with E-state index in [0.29, 0.717) is 6.42 Å². The summed E-state index contributed by atoms with van der Waals surface area (Å²) >= 11 is 0. The highest BCUT2D eigenvalue weighted by atomic mass is 19.1. The third-order valence-corrected chi connectivity index (χ3v) is 3.56. The number of carbonyl (C=O) groups excluding carboxylic acids is 1. The summed E-state index contributed by atoms with van der Waals surface area (Å²) in [6, 6.07) is 3.89. The zero-order chi connectivity index (χ0) is 16.0. The molecule has 0 saturated heterocycles. The first-order valence-electron chi connectivity index (χ1n) is 6.89. The molecule has 0 bridgehead atoms. The maximum absolute atomic E-state index is 13.6. The molecule has 5 nitrogen and oxygen atoms in total. The van der Waals surface area contributed by atoms with Crippen molar-refractivity contribution in [3.8, 4) is 0 Å². The van der Waals surface area contributed by atoms with Gasteiger partial charge in [-0.25, -0.2) is 9.18 Å². The minimum atomic E-state index is -1.22. The van der Waals surface area contributed by atoms with Crippen LogP contribution in [0.1, 0.15) is 25.8 Å². The van der Waals surface area contributed by atoms with Gasteiger partial charge >= 0.3 is 5.97 Å². The zero-order valence-corrected chi connectivity index (χ0v) is 12.2. The molecule has 0 fully saturated rings. The van der Waals surface area contributed by atoms with Crippen molar-refractivity contribution in [1.82, 2.24) is 5.32 Å². The van der Waals surface area contributed by atoms with Gasteiger partial charge in [0.2, 0.25) is 5.91 Å². The molecule has 3 atom stereocenters. The summed E-state index contributed by atoms with van der Waals surface area (Å²) in [7, 11) is 0. The number of nitrogens with two attached hydrogens (primary N) is 1. The van der Waals surface area contributed by atoms with Crippen LogP contribution < -0.4 is 11.1 Å². The normalized spacial score (nSPS) is 15.0. The Bertz CT molecular complexity index is 507. The Kier molecular flexibility index (Phi) is 6.30. The third kappa shape index (κ3) is 4.82. The lowest BCUT2D eigenvalue weighted by Crippen LogP contribution is -2.51. The molecule has 4 N–H and O–H groups in total. The van der Waals surface area contributed by atoms with E-state index in [4.69, 9.17) is 5.73 Å². The SMILES string of the molecule is CC[C@H](C)[C@H](N)C(=O)NC(Cc1ccccc1F)C(=O)O. The van der Waals surface area contributed by atoms with E-state index in [9.17, 15) is 19.1 Å². The highest BCUT2D eigenvalue weighted by Gasteiger charge is 2.26. The molecule has 0 saturated carbocycles. The van der Waals surface area contributed by atoms with Gasteiger partial charge in [0.15, 0.2) is 0 Å². The van der Waals surface area contributed by atoms with E-state index in [2.05, 4.69) is 5.32 Å². The van der Waals surface area contributed by atoms with Crippen LogP contribution in [0.4, 0.5) is 4.39 Å². The number of hydrogen-bond donors (Lipinski definition) is 3. The topological polar surface area (TPSA) is 92.4 Å². The van der Waals surface area contributed by atoms with Gasteiger partial charge in [0.05, 0.1) is 6.04 Å². The number of aliphatic carboxylic acids is 1. The fourth-order valence-corrected chi connectivity index (χ4v) is 1.86. The molecule has 0 aliphatic carbocycles. The first-order chi connectivity index (χ1) is 9.86. The molecule has 0 spiro atoms. The summed E-state index contributed by atoms with van der Waals surface area (Å²) in [6.07, 6.45) is 0.584. The van der Waals surface area contributed by atoms with Crippen LogP contribution in [0.3, 0.4) is 0 Å². The summed E-state index contributed by atoms with van der Waals surface area (Å²) in [5, 5.41) is 11.6. The standard InChI is InChI=1S/C15H21FN2O3/c1-3-9(2)13(17)14(19)18-12(15(20)21)8-10-6-4-5-7-11(10)16/h4-7,9,12-13H,3,8,17H2,1-2H3,(H,18,19)(H,20,21)/t9-,12?,13-/m0/s1. The number of benzene rings is 1. The summed E-state index contributed by atoms with van der Waals surface area (Å²) in [6.45, 7) is 3.71. The average Bonchev–Trinajstić information content (AvgIpc) is 2.46. The van der Waals surface area contributed by atoms with Crippen LogP contribution in [0.25, 0.3) is 0 Å². The second-order valence-corrected chi connectivity index (χ2v) is 5.11. The minimum Gasteiger partial charge on any atom is -0.480 e. The summed E-state index contributed by atoms with van der Waals surface area (Å²) < 4.78 is 13.6. The Morgan fingerprint density at radius 3 is 2.52 bits per heavy atom. The molecule has 1 rings (SSSR count). The lowest BCUT2D eigenvalue weighted by atomic mass is 9.98. The number of nitrogens with one attached hydrogen (secondary N) is 1. The van der Waals surface area contributed by atoms with Gasteiger partial charge in [0.25, 0.3) is 0 Å². The lowest BCUT2D eigenvalue weighted by Gasteiger charge is -2.21. The number of halogens is 1. The van der Waals surface area contributed by atoms with E-state index in [1.165, 1.54) is 18.2 Å². The number of hydrogen-bond acceptors (Lipinski definition) is 3. The van der Waals surface area contributed by atoms with E-state index in [1.54, 1.807) is 6.07 Å². The molecule has 6 heteroatoms. The number of carbonyl (C=O) groups is 2. The maximum Gasteiger partial charge on any atom is 0.326 e. The summed E-state index contributed by atoms with van der Waals surface area (Å²) in [4.78, 5) is 23.2. The van der Waals surface area contributed by atoms with E-state index < -0.39 is 29.8 Å². The Morgan fingerprint density at radius 2 is 2.00 bits per heavy atom. The largest absolute Gasteiger partial charge is 0.480 e. The van der Waals surface area contributed by atoms with Crippen LogP contribution >= 0.6 is 0 Å². The maximum atomic E-state index is 13.6. The van der Waals surface area contributed by atoms with E-state index in [-0.39, 0.29) is 17.9 Å². The molecule has 0 aliphatic rings. The van der Waals surface area contributed by atoms with Gasteiger partial charge in [-0.2, -0.15) is 0 Å².